The fraction of sp³-hybridized carbons (Fsp3) is 0.545. The maximum absolute atomic E-state index is 5.51. The Kier molecular flexibility index (Phi) is 2.77. The average Bonchev–Trinajstić information content (AvgIpc) is 2.20. The van der Waals surface area contributed by atoms with Gasteiger partial charge in [-0.2, -0.15) is 0 Å². The van der Waals surface area contributed by atoms with Crippen LogP contribution in [0.4, 0.5) is 11.5 Å². The van der Waals surface area contributed by atoms with Gasteiger partial charge in [-0.05, 0) is 31.4 Å². The Hall–Kier alpha value is -1.29. The van der Waals surface area contributed by atoms with Crippen LogP contribution in [0.3, 0.4) is 0 Å². The van der Waals surface area contributed by atoms with Gasteiger partial charge in [-0.15, -0.1) is 0 Å². The van der Waals surface area contributed by atoms with Gasteiger partial charge >= 0.3 is 0 Å². The van der Waals surface area contributed by atoms with Gasteiger partial charge in [-0.3, -0.25) is 0 Å². The van der Waals surface area contributed by atoms with Crippen LogP contribution in [0, 0.1) is 0 Å². The van der Waals surface area contributed by atoms with Gasteiger partial charge < -0.3 is 15.8 Å². The van der Waals surface area contributed by atoms with Crippen LogP contribution in [0.2, 0.25) is 0 Å². The maximum Gasteiger partial charge on any atom is 0.123 e. The van der Waals surface area contributed by atoms with Crippen molar-refractivity contribution in [2.24, 2.45) is 0 Å². The highest BCUT2D eigenvalue weighted by molar-refractivity contribution is 5.45. The molecule has 1 heterocycles. The summed E-state index contributed by atoms with van der Waals surface area (Å²) in [7, 11) is 1.78. The lowest BCUT2D eigenvalue weighted by molar-refractivity contribution is -0.0601. The van der Waals surface area contributed by atoms with Crippen molar-refractivity contribution in [3.05, 3.63) is 18.3 Å². The van der Waals surface area contributed by atoms with Gasteiger partial charge in [0.1, 0.15) is 5.82 Å². The van der Waals surface area contributed by atoms with E-state index in [1.165, 1.54) is 6.42 Å². The summed E-state index contributed by atoms with van der Waals surface area (Å²) in [6.07, 6.45) is 5.28. The van der Waals surface area contributed by atoms with Crippen LogP contribution in [0.25, 0.3) is 0 Å². The zero-order valence-corrected chi connectivity index (χ0v) is 8.99. The van der Waals surface area contributed by atoms with E-state index < -0.39 is 0 Å². The van der Waals surface area contributed by atoms with Crippen molar-refractivity contribution >= 4 is 11.5 Å². The Morgan fingerprint density at radius 2 is 2.33 bits per heavy atom. The molecule has 0 saturated heterocycles. The summed E-state index contributed by atoms with van der Waals surface area (Å²) >= 11 is 0. The number of aromatic nitrogens is 1. The first-order valence-corrected chi connectivity index (χ1v) is 5.25. The lowest BCUT2D eigenvalue weighted by atomic mass is 9.80. The summed E-state index contributed by atoms with van der Waals surface area (Å²) in [4.78, 5) is 4.02. The molecule has 4 nitrogen and oxygen atoms in total. The molecular weight excluding hydrogens is 190 g/mol. The number of pyridine rings is 1. The number of ether oxygens (including phenoxy) is 1. The number of rotatable bonds is 4. The van der Waals surface area contributed by atoms with Crippen molar-refractivity contribution < 1.29 is 4.74 Å². The lowest BCUT2D eigenvalue weighted by Crippen LogP contribution is -2.45. The van der Waals surface area contributed by atoms with Crippen molar-refractivity contribution in [3.63, 3.8) is 0 Å². The maximum atomic E-state index is 5.51. The molecule has 1 saturated carbocycles. The molecule has 1 aromatic heterocycles. The van der Waals surface area contributed by atoms with E-state index >= 15 is 0 Å². The van der Waals surface area contributed by atoms with Gasteiger partial charge in [-0.25, -0.2) is 4.98 Å². The molecule has 82 valence electrons. The standard InChI is InChI=1S/C11H17N3O/c1-15-11(5-2-6-11)8-14-9-3-4-10(12)13-7-9/h3-4,7,14H,2,5-6,8H2,1H3,(H2,12,13). The molecule has 0 aromatic carbocycles. The molecule has 1 aromatic rings. The summed E-state index contributed by atoms with van der Waals surface area (Å²) in [6, 6.07) is 3.73. The molecule has 3 N–H and O–H groups in total. The topological polar surface area (TPSA) is 60.2 Å². The lowest BCUT2D eigenvalue weighted by Gasteiger charge is -2.40. The van der Waals surface area contributed by atoms with Gasteiger partial charge in [0.25, 0.3) is 0 Å². The van der Waals surface area contributed by atoms with E-state index in [-0.39, 0.29) is 5.60 Å². The van der Waals surface area contributed by atoms with Crippen molar-refractivity contribution in [1.82, 2.24) is 4.98 Å². The predicted molar refractivity (Wildman–Crippen MR) is 60.7 cm³/mol. The van der Waals surface area contributed by atoms with Crippen molar-refractivity contribution in [3.8, 4) is 0 Å². The second kappa shape index (κ2) is 4.06. The molecule has 0 spiro atoms. The summed E-state index contributed by atoms with van der Waals surface area (Å²) in [5.41, 5.74) is 6.54. The van der Waals surface area contributed by atoms with Gasteiger partial charge in [0.05, 0.1) is 17.5 Å². The number of nitrogen functional groups attached to an aromatic ring is 1. The van der Waals surface area contributed by atoms with Gasteiger partial charge in [0.2, 0.25) is 0 Å². The Labute approximate surface area is 89.8 Å². The summed E-state index contributed by atoms with van der Waals surface area (Å²) in [5.74, 6) is 0.547. The number of nitrogens with zero attached hydrogens (tertiary/aromatic N) is 1. The van der Waals surface area contributed by atoms with Gasteiger partial charge in [0, 0.05) is 13.7 Å². The molecule has 0 radical (unpaired) electrons. The first kappa shape index (κ1) is 10.2. The molecule has 2 rings (SSSR count). The number of hydrogen-bond donors (Lipinski definition) is 2. The van der Waals surface area contributed by atoms with E-state index in [0.29, 0.717) is 5.82 Å². The number of nitrogens with two attached hydrogens (primary N) is 1. The number of nitrogens with one attached hydrogen (secondary N) is 1. The fourth-order valence-corrected chi connectivity index (χ4v) is 1.80. The number of hydrogen-bond acceptors (Lipinski definition) is 4. The van der Waals surface area contributed by atoms with E-state index in [1.54, 1.807) is 19.4 Å². The number of anilines is 2. The second-order valence-electron chi connectivity index (χ2n) is 4.07. The van der Waals surface area contributed by atoms with Crippen molar-refractivity contribution in [2.45, 2.75) is 24.9 Å². The zero-order chi connectivity index (χ0) is 10.7. The predicted octanol–water partition coefficient (Wildman–Crippen LogP) is 1.64. The fourth-order valence-electron chi connectivity index (χ4n) is 1.80. The Morgan fingerprint density at radius 3 is 2.80 bits per heavy atom. The van der Waals surface area contributed by atoms with E-state index in [2.05, 4.69) is 10.3 Å². The molecule has 0 unspecified atom stereocenters. The van der Waals surface area contributed by atoms with Crippen molar-refractivity contribution in [2.75, 3.05) is 24.7 Å². The minimum Gasteiger partial charge on any atom is -0.384 e. The Bertz CT molecular complexity index is 314. The van der Waals surface area contributed by atoms with Crippen LogP contribution in [0.5, 0.6) is 0 Å². The minimum atomic E-state index is 0.0430. The van der Waals surface area contributed by atoms with Crippen LogP contribution in [-0.2, 0) is 4.74 Å². The highest BCUT2D eigenvalue weighted by Gasteiger charge is 2.36. The Morgan fingerprint density at radius 1 is 1.53 bits per heavy atom. The quantitative estimate of drug-likeness (QED) is 0.788. The van der Waals surface area contributed by atoms with Crippen LogP contribution in [0.15, 0.2) is 18.3 Å². The van der Waals surface area contributed by atoms with Crippen LogP contribution < -0.4 is 11.1 Å². The summed E-state index contributed by atoms with van der Waals surface area (Å²) in [6.45, 7) is 0.842. The molecule has 0 atom stereocenters. The molecule has 0 bridgehead atoms. The average molecular weight is 207 g/mol. The SMILES string of the molecule is COC1(CNc2ccc(N)nc2)CCC1. The molecule has 1 aliphatic rings. The molecule has 0 aliphatic heterocycles. The number of methoxy groups -OCH3 is 1. The largest absolute Gasteiger partial charge is 0.384 e. The van der Waals surface area contributed by atoms with Gasteiger partial charge in [-0.1, -0.05) is 0 Å². The first-order chi connectivity index (χ1) is 7.24. The van der Waals surface area contributed by atoms with Crippen LogP contribution in [-0.4, -0.2) is 24.2 Å². The third-order valence-electron chi connectivity index (χ3n) is 3.10. The van der Waals surface area contributed by atoms with E-state index in [0.717, 1.165) is 25.1 Å². The molecule has 1 fully saturated rings. The molecule has 1 aliphatic carbocycles. The van der Waals surface area contributed by atoms with Crippen LogP contribution in [0.1, 0.15) is 19.3 Å². The van der Waals surface area contributed by atoms with E-state index in [1.807, 2.05) is 6.07 Å². The monoisotopic (exact) mass is 207 g/mol. The highest BCUT2D eigenvalue weighted by Crippen LogP contribution is 2.34. The highest BCUT2D eigenvalue weighted by atomic mass is 16.5. The summed E-state index contributed by atoms with van der Waals surface area (Å²) in [5, 5.41) is 3.32. The second-order valence-corrected chi connectivity index (χ2v) is 4.07. The molecular formula is C11H17N3O. The molecule has 4 heteroatoms. The van der Waals surface area contributed by atoms with Crippen LogP contribution >= 0.6 is 0 Å². The minimum absolute atomic E-state index is 0.0430. The first-order valence-electron chi connectivity index (χ1n) is 5.25. The normalized spacial score (nSPS) is 18.2. The molecule has 15 heavy (non-hydrogen) atoms. The Balaban J connectivity index is 1.90. The van der Waals surface area contributed by atoms with Crippen molar-refractivity contribution in [1.29, 1.82) is 0 Å². The molecule has 0 amide bonds. The summed E-state index contributed by atoms with van der Waals surface area (Å²) < 4.78 is 5.51. The smallest absolute Gasteiger partial charge is 0.123 e. The third-order valence-corrected chi connectivity index (χ3v) is 3.10. The third kappa shape index (κ3) is 2.21. The van der Waals surface area contributed by atoms with Gasteiger partial charge in [0.15, 0.2) is 0 Å². The zero-order valence-electron chi connectivity index (χ0n) is 8.99. The van der Waals surface area contributed by atoms with E-state index in [4.69, 9.17) is 10.5 Å². The van der Waals surface area contributed by atoms with E-state index in [9.17, 15) is 0 Å².